The Hall–Kier alpha value is -3.61. The number of H-pyrrole nitrogens is 1. The molecule has 0 unspecified atom stereocenters. The summed E-state index contributed by atoms with van der Waals surface area (Å²) in [6.07, 6.45) is 2.65. The number of hydrogen-bond acceptors (Lipinski definition) is 4. The molecule has 0 aliphatic carbocycles. The highest BCUT2D eigenvalue weighted by Gasteiger charge is 2.24. The average molecular weight is 404 g/mol. The van der Waals surface area contributed by atoms with E-state index >= 15 is 0 Å². The first kappa shape index (κ1) is 19.7. The van der Waals surface area contributed by atoms with Crippen molar-refractivity contribution in [2.45, 2.75) is 18.8 Å². The van der Waals surface area contributed by atoms with Crippen LogP contribution in [0.1, 0.15) is 29.9 Å². The predicted molar refractivity (Wildman–Crippen MR) is 116 cm³/mol. The van der Waals surface area contributed by atoms with Crippen molar-refractivity contribution in [3.05, 3.63) is 65.9 Å². The van der Waals surface area contributed by atoms with Gasteiger partial charge in [-0.3, -0.25) is 9.59 Å². The fourth-order valence-electron chi connectivity index (χ4n) is 3.76. The van der Waals surface area contributed by atoms with E-state index in [1.807, 2.05) is 48.7 Å². The van der Waals surface area contributed by atoms with Gasteiger partial charge in [0.1, 0.15) is 11.5 Å². The summed E-state index contributed by atoms with van der Waals surface area (Å²) < 4.78 is 5.28. The number of hydrogen-bond donors (Lipinski definition) is 2. The molecule has 1 aliphatic rings. The number of methoxy groups -OCH3 is 1. The molecular formula is C23H24N4O3. The Morgan fingerprint density at radius 3 is 2.70 bits per heavy atom. The molecule has 2 aromatic carbocycles. The topological polar surface area (TPSA) is 86.8 Å². The molecule has 30 heavy (non-hydrogen) atoms. The fourth-order valence-corrected chi connectivity index (χ4v) is 3.76. The molecule has 0 fully saturated rings. The maximum absolute atomic E-state index is 12.7. The van der Waals surface area contributed by atoms with Gasteiger partial charge in [-0.25, -0.2) is 5.01 Å². The Labute approximate surface area is 174 Å². The zero-order chi connectivity index (χ0) is 21.1. The zero-order valence-corrected chi connectivity index (χ0v) is 17.0. The Balaban J connectivity index is 1.61. The van der Waals surface area contributed by atoms with Crippen LogP contribution in [0.4, 0.5) is 0 Å². The van der Waals surface area contributed by atoms with Crippen molar-refractivity contribution < 1.29 is 14.3 Å². The maximum atomic E-state index is 12.7. The van der Waals surface area contributed by atoms with E-state index in [9.17, 15) is 9.59 Å². The van der Waals surface area contributed by atoms with Gasteiger partial charge in [0.2, 0.25) is 5.91 Å². The summed E-state index contributed by atoms with van der Waals surface area (Å²) in [6, 6.07) is 16.0. The summed E-state index contributed by atoms with van der Waals surface area (Å²) in [6.45, 7) is 0.406. The first-order valence-electron chi connectivity index (χ1n) is 9.89. The molecule has 0 saturated carbocycles. The molecule has 1 atom stereocenters. The predicted octanol–water partition coefficient (Wildman–Crippen LogP) is 3.03. The number of hydrazone groups is 1. The van der Waals surface area contributed by atoms with E-state index in [2.05, 4.69) is 21.5 Å². The third kappa shape index (κ3) is 3.91. The number of carbonyl (C=O) groups is 2. The quantitative estimate of drug-likeness (QED) is 0.662. The molecule has 154 valence electrons. The molecule has 1 aliphatic heterocycles. The van der Waals surface area contributed by atoms with E-state index < -0.39 is 0 Å². The molecule has 1 aromatic heterocycles. The van der Waals surface area contributed by atoms with E-state index in [-0.39, 0.29) is 17.7 Å². The van der Waals surface area contributed by atoms with Crippen LogP contribution in [-0.4, -0.2) is 48.2 Å². The lowest BCUT2D eigenvalue weighted by molar-refractivity contribution is -0.130. The van der Waals surface area contributed by atoms with Crippen LogP contribution in [0.25, 0.3) is 10.9 Å². The van der Waals surface area contributed by atoms with Gasteiger partial charge in [0.15, 0.2) is 0 Å². The normalized spacial score (nSPS) is 15.1. The van der Waals surface area contributed by atoms with Crippen molar-refractivity contribution in [2.75, 3.05) is 20.7 Å². The van der Waals surface area contributed by atoms with E-state index in [1.54, 1.807) is 14.2 Å². The molecule has 7 nitrogen and oxygen atoms in total. The molecule has 0 bridgehead atoms. The maximum Gasteiger partial charge on any atom is 0.267 e. The van der Waals surface area contributed by atoms with Crippen molar-refractivity contribution in [3.8, 4) is 5.75 Å². The largest absolute Gasteiger partial charge is 0.497 e. The van der Waals surface area contributed by atoms with Crippen molar-refractivity contribution in [2.24, 2.45) is 5.10 Å². The number of fused-ring (bicyclic) bond motifs is 1. The van der Waals surface area contributed by atoms with Crippen LogP contribution < -0.4 is 10.1 Å². The molecule has 2 amide bonds. The van der Waals surface area contributed by atoms with Crippen molar-refractivity contribution >= 4 is 28.4 Å². The third-order valence-corrected chi connectivity index (χ3v) is 5.45. The van der Waals surface area contributed by atoms with Gasteiger partial charge in [0.25, 0.3) is 5.91 Å². The number of nitrogens with zero attached hydrogens (tertiary/aromatic N) is 2. The van der Waals surface area contributed by atoms with Gasteiger partial charge in [-0.1, -0.05) is 30.3 Å². The molecule has 7 heteroatoms. The monoisotopic (exact) mass is 404 g/mol. The summed E-state index contributed by atoms with van der Waals surface area (Å²) in [7, 11) is 3.21. The van der Waals surface area contributed by atoms with Crippen LogP contribution >= 0.6 is 0 Å². The SMILES string of the molecule is COc1ccc([C@H](CNC(=O)C2=NN(C)C(=O)CC2)c2c[nH]c3ccccc23)cc1. The molecular weight excluding hydrogens is 380 g/mol. The number of carbonyl (C=O) groups excluding carboxylic acids is 2. The number of para-hydroxylation sites is 1. The number of aromatic nitrogens is 1. The van der Waals surface area contributed by atoms with Crippen molar-refractivity contribution in [1.29, 1.82) is 0 Å². The Bertz CT molecular complexity index is 1100. The Morgan fingerprint density at radius 1 is 1.20 bits per heavy atom. The minimum atomic E-state index is -0.243. The Morgan fingerprint density at radius 2 is 1.97 bits per heavy atom. The minimum absolute atomic E-state index is 0.0560. The van der Waals surface area contributed by atoms with E-state index in [0.29, 0.717) is 25.1 Å². The number of nitrogens with one attached hydrogen (secondary N) is 2. The van der Waals surface area contributed by atoms with Crippen LogP contribution in [0.15, 0.2) is 59.8 Å². The van der Waals surface area contributed by atoms with Crippen LogP contribution in [0.5, 0.6) is 5.75 Å². The molecule has 4 rings (SSSR count). The van der Waals surface area contributed by atoms with Gasteiger partial charge in [-0.05, 0) is 29.3 Å². The molecule has 0 radical (unpaired) electrons. The number of ether oxygens (including phenoxy) is 1. The van der Waals surface area contributed by atoms with Gasteiger partial charge >= 0.3 is 0 Å². The summed E-state index contributed by atoms with van der Waals surface area (Å²) in [5.41, 5.74) is 3.60. The lowest BCUT2D eigenvalue weighted by atomic mass is 9.90. The van der Waals surface area contributed by atoms with Gasteiger partial charge in [0.05, 0.1) is 7.11 Å². The number of benzene rings is 2. The Kier molecular flexibility index (Phi) is 5.52. The molecule has 3 aromatic rings. The van der Waals surface area contributed by atoms with Crippen LogP contribution in [-0.2, 0) is 9.59 Å². The second-order valence-corrected chi connectivity index (χ2v) is 7.29. The number of aromatic amines is 1. The van der Waals surface area contributed by atoms with Gasteiger partial charge in [-0.15, -0.1) is 0 Å². The van der Waals surface area contributed by atoms with Crippen molar-refractivity contribution in [3.63, 3.8) is 0 Å². The summed E-state index contributed by atoms with van der Waals surface area (Å²) in [5.74, 6) is 0.401. The second-order valence-electron chi connectivity index (χ2n) is 7.29. The summed E-state index contributed by atoms with van der Waals surface area (Å²) in [5, 5.41) is 9.48. The van der Waals surface area contributed by atoms with Gasteiger partial charge in [-0.2, -0.15) is 5.10 Å². The highest BCUT2D eigenvalue weighted by Crippen LogP contribution is 2.31. The number of rotatable bonds is 6. The smallest absolute Gasteiger partial charge is 0.267 e. The van der Waals surface area contributed by atoms with Crippen LogP contribution in [0, 0.1) is 0 Å². The lowest BCUT2D eigenvalue weighted by Gasteiger charge is -2.21. The first-order valence-corrected chi connectivity index (χ1v) is 9.89. The van der Waals surface area contributed by atoms with E-state index in [1.165, 1.54) is 5.01 Å². The lowest BCUT2D eigenvalue weighted by Crippen LogP contribution is -2.39. The van der Waals surface area contributed by atoms with Crippen LogP contribution in [0.3, 0.4) is 0 Å². The van der Waals surface area contributed by atoms with Crippen LogP contribution in [0.2, 0.25) is 0 Å². The molecule has 0 spiro atoms. The third-order valence-electron chi connectivity index (χ3n) is 5.45. The second kappa shape index (κ2) is 8.41. The van der Waals surface area contributed by atoms with Gasteiger partial charge < -0.3 is 15.0 Å². The minimum Gasteiger partial charge on any atom is -0.497 e. The highest BCUT2D eigenvalue weighted by atomic mass is 16.5. The molecule has 2 heterocycles. The highest BCUT2D eigenvalue weighted by molar-refractivity contribution is 6.39. The van der Waals surface area contributed by atoms with Gasteiger partial charge in [0, 0.05) is 49.5 Å². The molecule has 0 saturated heterocycles. The summed E-state index contributed by atoms with van der Waals surface area (Å²) >= 11 is 0. The standard InChI is InChI=1S/C23H24N4O3/c1-27-22(28)12-11-21(26-27)23(29)25-13-18(15-7-9-16(30-2)10-8-15)19-14-24-20-6-4-3-5-17(19)20/h3-10,14,18,24H,11-13H2,1-2H3,(H,25,29)/t18-/m0/s1. The van der Waals surface area contributed by atoms with E-state index in [0.717, 1.165) is 27.8 Å². The molecule has 2 N–H and O–H groups in total. The average Bonchev–Trinajstić information content (AvgIpc) is 3.20. The van der Waals surface area contributed by atoms with E-state index in [4.69, 9.17) is 4.74 Å². The van der Waals surface area contributed by atoms with Crippen molar-refractivity contribution in [1.82, 2.24) is 15.3 Å². The zero-order valence-electron chi connectivity index (χ0n) is 17.0. The summed E-state index contributed by atoms with van der Waals surface area (Å²) in [4.78, 5) is 27.6. The first-order chi connectivity index (χ1) is 14.6. The fraction of sp³-hybridized carbons (Fsp3) is 0.261. The number of amides is 2.